The predicted octanol–water partition coefficient (Wildman–Crippen LogP) is -3.28. The molecular weight excluding hydrogens is 184 g/mol. The zero-order valence-electron chi connectivity index (χ0n) is 6.49. The monoisotopic (exact) mass is 194 g/mol. The lowest BCUT2D eigenvalue weighted by atomic mass is 10.1. The van der Waals surface area contributed by atoms with Gasteiger partial charge in [0, 0.05) is 0 Å². The summed E-state index contributed by atoms with van der Waals surface area (Å²) in [5.41, 5.74) is 0. The zero-order chi connectivity index (χ0) is 10.6. The minimum absolute atomic E-state index is 0.884. The lowest BCUT2D eigenvalue weighted by molar-refractivity contribution is -0.159. The van der Waals surface area contributed by atoms with Crippen molar-refractivity contribution in [1.82, 2.24) is 0 Å². The Labute approximate surface area is 72.9 Å². The number of ketones is 1. The van der Waals surface area contributed by atoms with Crippen LogP contribution in [-0.4, -0.2) is 62.2 Å². The van der Waals surface area contributed by atoms with E-state index in [9.17, 15) is 9.59 Å². The van der Waals surface area contributed by atoms with Gasteiger partial charge in [-0.15, -0.1) is 0 Å². The van der Waals surface area contributed by atoms with Gasteiger partial charge in [-0.2, -0.15) is 0 Å². The van der Waals surface area contributed by atoms with Gasteiger partial charge in [0.25, 0.3) is 5.78 Å². The van der Waals surface area contributed by atoms with Crippen molar-refractivity contribution in [3.63, 3.8) is 0 Å². The Bertz CT molecular complexity index is 201. The minimum Gasteiger partial charge on any atom is -0.475 e. The highest BCUT2D eigenvalue weighted by molar-refractivity contribution is 6.34. The average Bonchev–Trinajstić information content (AvgIpc) is 2.12. The summed E-state index contributed by atoms with van der Waals surface area (Å²) >= 11 is 0. The van der Waals surface area contributed by atoms with E-state index < -0.39 is 36.7 Å². The summed E-state index contributed by atoms with van der Waals surface area (Å²) < 4.78 is 0. The van der Waals surface area contributed by atoms with Gasteiger partial charge >= 0.3 is 5.97 Å². The van der Waals surface area contributed by atoms with E-state index in [4.69, 9.17) is 25.5 Å². The van der Waals surface area contributed by atoms with Crippen molar-refractivity contribution in [3.8, 4) is 0 Å². The van der Waals surface area contributed by atoms with Crippen LogP contribution in [0.4, 0.5) is 0 Å². The first-order valence-corrected chi connectivity index (χ1v) is 3.34. The van der Waals surface area contributed by atoms with Gasteiger partial charge in [0.15, 0.2) is 6.10 Å². The molecular formula is C6H10O7. The molecule has 5 N–H and O–H groups in total. The number of aliphatic hydroxyl groups excluding tert-OH is 4. The largest absolute Gasteiger partial charge is 0.475 e. The van der Waals surface area contributed by atoms with Crippen LogP contribution in [0.2, 0.25) is 0 Å². The molecule has 3 atom stereocenters. The Morgan fingerprint density at radius 1 is 1.15 bits per heavy atom. The highest BCUT2D eigenvalue weighted by Gasteiger charge is 2.33. The SMILES string of the molecule is O=C(O)C(=O)[C@H](O)C(O)[C@H](O)CO. The van der Waals surface area contributed by atoms with E-state index in [0.29, 0.717) is 0 Å². The van der Waals surface area contributed by atoms with Crippen LogP contribution in [0.25, 0.3) is 0 Å². The third-order valence-corrected chi connectivity index (χ3v) is 1.38. The van der Waals surface area contributed by atoms with Crippen LogP contribution in [0.15, 0.2) is 0 Å². The highest BCUT2D eigenvalue weighted by Crippen LogP contribution is 2.01. The van der Waals surface area contributed by atoms with Crippen LogP contribution in [-0.2, 0) is 9.59 Å². The standard InChI is InChI=1S/C6H10O7/c7-1-2(8)3(9)4(10)5(11)6(12)13/h2-4,7-10H,1H2,(H,12,13)/t2-,3?,4-/m1/s1. The maximum atomic E-state index is 10.5. The Balaban J connectivity index is 4.33. The molecule has 0 aliphatic heterocycles. The van der Waals surface area contributed by atoms with Gasteiger partial charge in [-0.3, -0.25) is 4.79 Å². The fourth-order valence-electron chi connectivity index (χ4n) is 0.600. The number of Topliss-reactive ketones (excluding diaryl/α,β-unsaturated/α-hetero) is 1. The molecule has 0 saturated heterocycles. The summed E-state index contributed by atoms with van der Waals surface area (Å²) in [6, 6.07) is 0. The number of aliphatic carboxylic acids is 1. The van der Waals surface area contributed by atoms with Gasteiger partial charge in [0.2, 0.25) is 0 Å². The summed E-state index contributed by atoms with van der Waals surface area (Å²) in [6.07, 6.45) is -5.99. The van der Waals surface area contributed by atoms with Crippen molar-refractivity contribution in [2.24, 2.45) is 0 Å². The van der Waals surface area contributed by atoms with Crippen LogP contribution in [0.3, 0.4) is 0 Å². The summed E-state index contributed by atoms with van der Waals surface area (Å²) in [6.45, 7) is -0.884. The van der Waals surface area contributed by atoms with Gasteiger partial charge in [-0.25, -0.2) is 4.79 Å². The highest BCUT2D eigenvalue weighted by atomic mass is 16.4. The van der Waals surface area contributed by atoms with Crippen LogP contribution in [0, 0.1) is 0 Å². The van der Waals surface area contributed by atoms with E-state index in [0.717, 1.165) is 0 Å². The molecule has 0 aromatic carbocycles. The van der Waals surface area contributed by atoms with Crippen molar-refractivity contribution >= 4 is 11.8 Å². The molecule has 0 aliphatic rings. The van der Waals surface area contributed by atoms with Crippen molar-refractivity contribution < 1.29 is 35.1 Å². The molecule has 0 fully saturated rings. The molecule has 0 rings (SSSR count). The quantitative estimate of drug-likeness (QED) is 0.289. The number of hydrogen-bond donors (Lipinski definition) is 5. The van der Waals surface area contributed by atoms with Crippen molar-refractivity contribution in [3.05, 3.63) is 0 Å². The third kappa shape index (κ3) is 3.07. The number of carbonyl (C=O) groups excluding carboxylic acids is 1. The van der Waals surface area contributed by atoms with E-state index >= 15 is 0 Å². The van der Waals surface area contributed by atoms with Crippen LogP contribution >= 0.6 is 0 Å². The fourth-order valence-corrected chi connectivity index (χ4v) is 0.600. The predicted molar refractivity (Wildman–Crippen MR) is 37.7 cm³/mol. The first kappa shape index (κ1) is 12.0. The maximum Gasteiger partial charge on any atom is 0.375 e. The fraction of sp³-hybridized carbons (Fsp3) is 0.667. The lowest BCUT2D eigenvalue weighted by Gasteiger charge is -2.18. The van der Waals surface area contributed by atoms with Gasteiger partial charge in [0.05, 0.1) is 6.61 Å². The van der Waals surface area contributed by atoms with Crippen molar-refractivity contribution in [1.29, 1.82) is 0 Å². The molecule has 0 spiro atoms. The number of rotatable bonds is 5. The first-order chi connectivity index (χ1) is 5.91. The average molecular weight is 194 g/mol. The number of carboxylic acid groups (broad SMARTS) is 1. The lowest BCUT2D eigenvalue weighted by Crippen LogP contribution is -2.46. The molecule has 0 aliphatic carbocycles. The van der Waals surface area contributed by atoms with E-state index in [1.165, 1.54) is 0 Å². The molecule has 0 aromatic heterocycles. The number of carboxylic acids is 1. The summed E-state index contributed by atoms with van der Waals surface area (Å²) in [5.74, 6) is -3.56. The first-order valence-electron chi connectivity index (χ1n) is 3.34. The smallest absolute Gasteiger partial charge is 0.375 e. The van der Waals surface area contributed by atoms with Gasteiger partial charge in [-0.1, -0.05) is 0 Å². The Hall–Kier alpha value is -1.02. The molecule has 7 heteroatoms. The summed E-state index contributed by atoms with van der Waals surface area (Å²) in [4.78, 5) is 20.5. The van der Waals surface area contributed by atoms with E-state index in [2.05, 4.69) is 0 Å². The normalized spacial score (nSPS) is 17.5. The molecule has 1 unspecified atom stereocenters. The number of carbonyl (C=O) groups is 2. The molecule has 0 saturated carbocycles. The third-order valence-electron chi connectivity index (χ3n) is 1.38. The molecule has 0 bridgehead atoms. The number of hydrogen-bond acceptors (Lipinski definition) is 6. The molecule has 0 aromatic rings. The second kappa shape index (κ2) is 4.87. The second-order valence-electron chi connectivity index (χ2n) is 2.35. The van der Waals surface area contributed by atoms with Crippen LogP contribution < -0.4 is 0 Å². The van der Waals surface area contributed by atoms with Gasteiger partial charge in [-0.05, 0) is 0 Å². The number of aliphatic hydroxyl groups is 4. The van der Waals surface area contributed by atoms with Crippen LogP contribution in [0.5, 0.6) is 0 Å². The van der Waals surface area contributed by atoms with Crippen molar-refractivity contribution in [2.75, 3.05) is 6.61 Å². The molecule has 0 heterocycles. The molecule has 13 heavy (non-hydrogen) atoms. The molecule has 0 radical (unpaired) electrons. The molecule has 7 nitrogen and oxygen atoms in total. The summed E-state index contributed by atoms with van der Waals surface area (Å²) in [5, 5.41) is 42.8. The molecule has 76 valence electrons. The topological polar surface area (TPSA) is 135 Å². The zero-order valence-corrected chi connectivity index (χ0v) is 6.49. The van der Waals surface area contributed by atoms with Gasteiger partial charge < -0.3 is 25.5 Å². The van der Waals surface area contributed by atoms with Crippen molar-refractivity contribution in [2.45, 2.75) is 18.3 Å². The minimum atomic E-state index is -2.24. The molecule has 0 amide bonds. The second-order valence-corrected chi connectivity index (χ2v) is 2.35. The van der Waals surface area contributed by atoms with E-state index in [1.54, 1.807) is 0 Å². The summed E-state index contributed by atoms with van der Waals surface area (Å²) in [7, 11) is 0. The maximum absolute atomic E-state index is 10.5. The Morgan fingerprint density at radius 2 is 1.62 bits per heavy atom. The van der Waals surface area contributed by atoms with Gasteiger partial charge in [0.1, 0.15) is 12.2 Å². The Kier molecular flexibility index (Phi) is 4.49. The van der Waals surface area contributed by atoms with Crippen LogP contribution in [0.1, 0.15) is 0 Å². The van der Waals surface area contributed by atoms with E-state index in [-0.39, 0.29) is 0 Å². The Morgan fingerprint density at radius 3 is 1.92 bits per heavy atom. The van der Waals surface area contributed by atoms with E-state index in [1.807, 2.05) is 0 Å².